The van der Waals surface area contributed by atoms with Gasteiger partial charge in [-0.25, -0.2) is 0 Å². The second-order valence-corrected chi connectivity index (χ2v) is 9.91. The van der Waals surface area contributed by atoms with Crippen LogP contribution in [0.3, 0.4) is 0 Å². The van der Waals surface area contributed by atoms with Crippen molar-refractivity contribution in [2.75, 3.05) is 13.7 Å². The van der Waals surface area contributed by atoms with Gasteiger partial charge < -0.3 is 18.9 Å². The van der Waals surface area contributed by atoms with Gasteiger partial charge >= 0.3 is 11.9 Å². The van der Waals surface area contributed by atoms with E-state index < -0.39 is 0 Å². The number of allylic oxidation sites excluding steroid dienone is 1. The van der Waals surface area contributed by atoms with Gasteiger partial charge in [-0.05, 0) is 44.6 Å². The number of carbonyl (C=O) groups is 3. The van der Waals surface area contributed by atoms with Crippen LogP contribution >= 0.6 is 0 Å². The number of hydrogen-bond donors (Lipinski definition) is 0. The van der Waals surface area contributed by atoms with Gasteiger partial charge in [0.25, 0.3) is 0 Å². The molecule has 200 valence electrons. The van der Waals surface area contributed by atoms with E-state index >= 15 is 0 Å². The van der Waals surface area contributed by atoms with Gasteiger partial charge in [0, 0.05) is 44.6 Å². The Bertz CT molecular complexity index is 668. The predicted octanol–water partition coefficient (Wildman–Crippen LogP) is 5.69. The molecule has 5 atom stereocenters. The molecule has 2 aliphatic rings. The monoisotopic (exact) mass is 494 g/mol. The first kappa shape index (κ1) is 29.5. The summed E-state index contributed by atoms with van der Waals surface area (Å²) in [5.74, 6) is -0.230. The normalized spacial score (nSPS) is 26.7. The molecular formula is C28H46O7. The van der Waals surface area contributed by atoms with Crippen LogP contribution in [-0.4, -0.2) is 49.9 Å². The summed E-state index contributed by atoms with van der Waals surface area (Å²) in [5, 5.41) is 0. The van der Waals surface area contributed by atoms with Gasteiger partial charge in [-0.1, -0.05) is 45.1 Å². The zero-order chi connectivity index (χ0) is 25.5. The molecule has 0 amide bonds. The van der Waals surface area contributed by atoms with Gasteiger partial charge in [-0.3, -0.25) is 14.4 Å². The molecule has 1 aliphatic heterocycles. The van der Waals surface area contributed by atoms with E-state index in [9.17, 15) is 14.4 Å². The summed E-state index contributed by atoms with van der Waals surface area (Å²) in [6, 6.07) is 0. The Morgan fingerprint density at radius 1 is 0.971 bits per heavy atom. The third kappa shape index (κ3) is 11.2. The highest BCUT2D eigenvalue weighted by Gasteiger charge is 2.45. The summed E-state index contributed by atoms with van der Waals surface area (Å²) < 4.78 is 22.7. The molecule has 7 heteroatoms. The Kier molecular flexibility index (Phi) is 14.2. The Balaban J connectivity index is 2.04. The maximum atomic E-state index is 12.5. The van der Waals surface area contributed by atoms with E-state index in [2.05, 4.69) is 6.92 Å². The minimum atomic E-state index is -0.286. The number of ketones is 1. The lowest BCUT2D eigenvalue weighted by Crippen LogP contribution is -2.30. The zero-order valence-electron chi connectivity index (χ0n) is 22.0. The molecule has 0 aromatic rings. The molecule has 4 unspecified atom stereocenters. The van der Waals surface area contributed by atoms with Crippen molar-refractivity contribution in [3.05, 3.63) is 12.2 Å². The van der Waals surface area contributed by atoms with E-state index in [1.807, 2.05) is 6.08 Å². The molecule has 0 spiro atoms. The van der Waals surface area contributed by atoms with Crippen molar-refractivity contribution in [3.8, 4) is 0 Å². The quantitative estimate of drug-likeness (QED) is 0.155. The van der Waals surface area contributed by atoms with E-state index in [0.717, 1.165) is 70.6 Å². The maximum Gasteiger partial charge on any atom is 0.305 e. The van der Waals surface area contributed by atoms with Crippen molar-refractivity contribution < 1.29 is 33.3 Å². The molecule has 7 nitrogen and oxygen atoms in total. The van der Waals surface area contributed by atoms with E-state index in [1.165, 1.54) is 14.0 Å². The van der Waals surface area contributed by atoms with Crippen LogP contribution in [-0.2, 0) is 33.3 Å². The summed E-state index contributed by atoms with van der Waals surface area (Å²) in [5.41, 5.74) is 0. The molecule has 2 fully saturated rings. The third-order valence-corrected chi connectivity index (χ3v) is 7.07. The molecule has 1 saturated heterocycles. The number of hydrogen-bond acceptors (Lipinski definition) is 7. The van der Waals surface area contributed by atoms with Crippen LogP contribution in [0.5, 0.6) is 0 Å². The zero-order valence-corrected chi connectivity index (χ0v) is 22.0. The van der Waals surface area contributed by atoms with Crippen molar-refractivity contribution >= 4 is 17.7 Å². The number of ether oxygens (including phenoxy) is 4. The van der Waals surface area contributed by atoms with Gasteiger partial charge in [0.15, 0.2) is 12.1 Å². The molecule has 1 heterocycles. The van der Waals surface area contributed by atoms with Crippen LogP contribution in [0.25, 0.3) is 0 Å². The van der Waals surface area contributed by atoms with Crippen molar-refractivity contribution in [2.24, 2.45) is 11.8 Å². The second-order valence-electron chi connectivity index (χ2n) is 9.91. The molecule has 1 saturated carbocycles. The fraction of sp³-hybridized carbons (Fsp3) is 0.821. The average Bonchev–Trinajstić information content (AvgIpc) is 3.15. The van der Waals surface area contributed by atoms with Crippen LogP contribution in [0, 0.1) is 11.8 Å². The summed E-state index contributed by atoms with van der Waals surface area (Å²) in [4.78, 5) is 35.7. The number of rotatable bonds is 16. The van der Waals surface area contributed by atoms with Gasteiger partial charge in [0.1, 0.15) is 6.10 Å². The molecule has 0 aromatic heterocycles. The van der Waals surface area contributed by atoms with E-state index in [0.29, 0.717) is 25.9 Å². The minimum absolute atomic E-state index is 0.00456. The van der Waals surface area contributed by atoms with Gasteiger partial charge in [-0.2, -0.15) is 0 Å². The first-order valence-corrected chi connectivity index (χ1v) is 13.7. The second kappa shape index (κ2) is 16.9. The Morgan fingerprint density at radius 2 is 1.74 bits per heavy atom. The smallest absolute Gasteiger partial charge is 0.305 e. The molecular weight excluding hydrogens is 448 g/mol. The third-order valence-electron chi connectivity index (χ3n) is 7.07. The number of unbranched alkanes of at least 4 members (excludes halogenated alkanes) is 5. The highest BCUT2D eigenvalue weighted by atomic mass is 16.7. The van der Waals surface area contributed by atoms with Crippen LogP contribution in [0.15, 0.2) is 12.2 Å². The molecule has 0 aromatic carbocycles. The van der Waals surface area contributed by atoms with Crippen molar-refractivity contribution in [1.82, 2.24) is 0 Å². The Hall–Kier alpha value is -1.73. The summed E-state index contributed by atoms with van der Waals surface area (Å²) >= 11 is 0. The van der Waals surface area contributed by atoms with E-state index in [-0.39, 0.29) is 48.1 Å². The number of esters is 2. The lowest BCUT2D eigenvalue weighted by atomic mass is 9.87. The fourth-order valence-electron chi connectivity index (χ4n) is 5.19. The number of methoxy groups -OCH3 is 1. The Labute approximate surface area is 211 Å². The molecule has 0 N–H and O–H groups in total. The SMILES string of the molecule is CCCCCC(=O)/C=C/[C@H]1C(OC2CCCCO2)CC(OC(C)=O)C1CCCCCCC(=O)OC. The maximum absolute atomic E-state index is 12.5. The van der Waals surface area contributed by atoms with E-state index in [4.69, 9.17) is 18.9 Å². The largest absolute Gasteiger partial charge is 0.469 e. The summed E-state index contributed by atoms with van der Waals surface area (Å²) in [7, 11) is 1.41. The molecule has 0 bridgehead atoms. The first-order chi connectivity index (χ1) is 16.9. The summed E-state index contributed by atoms with van der Waals surface area (Å²) in [6.45, 7) is 4.28. The minimum Gasteiger partial charge on any atom is -0.469 e. The van der Waals surface area contributed by atoms with Crippen molar-refractivity contribution in [2.45, 2.75) is 122 Å². The summed E-state index contributed by atoms with van der Waals surface area (Å²) in [6.07, 6.45) is 15.4. The predicted molar refractivity (Wildman–Crippen MR) is 134 cm³/mol. The fourth-order valence-corrected chi connectivity index (χ4v) is 5.19. The highest BCUT2D eigenvalue weighted by Crippen LogP contribution is 2.41. The number of carbonyl (C=O) groups excluding carboxylic acids is 3. The van der Waals surface area contributed by atoms with Gasteiger partial charge in [0.2, 0.25) is 0 Å². The topological polar surface area (TPSA) is 88.1 Å². The lowest BCUT2D eigenvalue weighted by molar-refractivity contribution is -0.193. The van der Waals surface area contributed by atoms with E-state index in [1.54, 1.807) is 6.08 Å². The van der Waals surface area contributed by atoms with Gasteiger partial charge in [-0.15, -0.1) is 0 Å². The Morgan fingerprint density at radius 3 is 2.43 bits per heavy atom. The molecule has 2 rings (SSSR count). The van der Waals surface area contributed by atoms with Crippen molar-refractivity contribution in [1.29, 1.82) is 0 Å². The van der Waals surface area contributed by atoms with Crippen LogP contribution < -0.4 is 0 Å². The highest BCUT2D eigenvalue weighted by molar-refractivity contribution is 5.89. The van der Waals surface area contributed by atoms with Crippen LogP contribution in [0.2, 0.25) is 0 Å². The van der Waals surface area contributed by atoms with Crippen LogP contribution in [0.4, 0.5) is 0 Å². The lowest BCUT2D eigenvalue weighted by Gasteiger charge is -2.29. The van der Waals surface area contributed by atoms with Crippen LogP contribution in [0.1, 0.15) is 104 Å². The van der Waals surface area contributed by atoms with Crippen molar-refractivity contribution in [3.63, 3.8) is 0 Å². The average molecular weight is 495 g/mol. The molecule has 35 heavy (non-hydrogen) atoms. The first-order valence-electron chi connectivity index (χ1n) is 13.7. The molecule has 0 radical (unpaired) electrons. The van der Waals surface area contributed by atoms with Gasteiger partial charge in [0.05, 0.1) is 13.2 Å². The molecule has 1 aliphatic carbocycles. The standard InChI is InChI=1S/C28H46O7/c1-4-5-8-13-22(30)17-18-24-23(14-9-6-7-10-15-27(31)32-3)25(34-21(2)29)20-26(24)35-28-16-11-12-19-33-28/h17-18,23-26,28H,4-16,19-20H2,1-3H3/b18-17+/t23?,24-,25?,26?,28?/m1/s1.